The SMILES string of the molecule is CC(=O)Nc1cccc(NC(=O)C2CCC(=O)N2c2ccc(F)cc2)c1. The molecule has 1 saturated heterocycles. The molecular formula is C19H18FN3O3. The van der Waals surface area contributed by atoms with Gasteiger partial charge in [-0.05, 0) is 48.9 Å². The fourth-order valence-electron chi connectivity index (χ4n) is 2.96. The van der Waals surface area contributed by atoms with Crippen molar-refractivity contribution in [1.82, 2.24) is 0 Å². The predicted molar refractivity (Wildman–Crippen MR) is 96.3 cm³/mol. The normalized spacial score (nSPS) is 16.5. The predicted octanol–water partition coefficient (Wildman–Crippen LogP) is 2.92. The van der Waals surface area contributed by atoms with Gasteiger partial charge in [-0.15, -0.1) is 0 Å². The third-order valence-corrected chi connectivity index (χ3v) is 4.07. The average molecular weight is 355 g/mol. The van der Waals surface area contributed by atoms with E-state index in [1.54, 1.807) is 24.3 Å². The summed E-state index contributed by atoms with van der Waals surface area (Å²) in [5, 5.41) is 5.42. The van der Waals surface area contributed by atoms with Crippen LogP contribution in [0.3, 0.4) is 0 Å². The van der Waals surface area contributed by atoms with Crippen LogP contribution in [0.2, 0.25) is 0 Å². The Labute approximate surface area is 150 Å². The van der Waals surface area contributed by atoms with Crippen molar-refractivity contribution in [1.29, 1.82) is 0 Å². The number of hydrogen-bond acceptors (Lipinski definition) is 3. The number of anilines is 3. The topological polar surface area (TPSA) is 78.5 Å². The summed E-state index contributed by atoms with van der Waals surface area (Å²) < 4.78 is 13.1. The molecule has 1 unspecified atom stereocenters. The average Bonchev–Trinajstić information content (AvgIpc) is 2.97. The highest BCUT2D eigenvalue weighted by molar-refractivity contribution is 6.07. The molecule has 1 aliphatic rings. The van der Waals surface area contributed by atoms with Gasteiger partial charge in [-0.2, -0.15) is 0 Å². The standard InChI is InChI=1S/C19H18FN3O3/c1-12(24)21-14-3-2-4-15(11-14)22-19(26)17-9-10-18(25)23(17)16-7-5-13(20)6-8-16/h2-8,11,17H,9-10H2,1H3,(H,21,24)(H,22,26). The summed E-state index contributed by atoms with van der Waals surface area (Å²) >= 11 is 0. The van der Waals surface area contributed by atoms with E-state index in [2.05, 4.69) is 10.6 Å². The fourth-order valence-corrected chi connectivity index (χ4v) is 2.96. The summed E-state index contributed by atoms with van der Waals surface area (Å²) in [6, 6.07) is 11.6. The Morgan fingerprint density at radius 2 is 1.73 bits per heavy atom. The largest absolute Gasteiger partial charge is 0.326 e. The molecule has 0 saturated carbocycles. The molecule has 7 heteroatoms. The lowest BCUT2D eigenvalue weighted by Crippen LogP contribution is -2.41. The fraction of sp³-hybridized carbons (Fsp3) is 0.211. The molecule has 1 atom stereocenters. The lowest BCUT2D eigenvalue weighted by molar-refractivity contribution is -0.120. The van der Waals surface area contributed by atoms with Crippen molar-refractivity contribution in [2.45, 2.75) is 25.8 Å². The molecule has 134 valence electrons. The smallest absolute Gasteiger partial charge is 0.247 e. The molecule has 3 rings (SSSR count). The van der Waals surface area contributed by atoms with Gasteiger partial charge in [0.05, 0.1) is 0 Å². The van der Waals surface area contributed by atoms with Crippen LogP contribution in [0.25, 0.3) is 0 Å². The van der Waals surface area contributed by atoms with Crippen LogP contribution in [0.5, 0.6) is 0 Å². The molecule has 0 spiro atoms. The number of carbonyl (C=O) groups excluding carboxylic acids is 3. The van der Waals surface area contributed by atoms with Gasteiger partial charge in [0.1, 0.15) is 11.9 Å². The Morgan fingerprint density at radius 3 is 2.38 bits per heavy atom. The van der Waals surface area contributed by atoms with Crippen LogP contribution in [0.4, 0.5) is 21.5 Å². The van der Waals surface area contributed by atoms with Crippen molar-refractivity contribution in [2.24, 2.45) is 0 Å². The maximum Gasteiger partial charge on any atom is 0.247 e. The zero-order chi connectivity index (χ0) is 18.7. The molecule has 1 heterocycles. The van der Waals surface area contributed by atoms with E-state index in [0.29, 0.717) is 23.5 Å². The second-order valence-electron chi connectivity index (χ2n) is 6.05. The van der Waals surface area contributed by atoms with Gasteiger partial charge in [-0.3, -0.25) is 19.3 Å². The van der Waals surface area contributed by atoms with Crippen molar-refractivity contribution in [3.05, 3.63) is 54.3 Å². The second kappa shape index (κ2) is 7.35. The van der Waals surface area contributed by atoms with E-state index in [0.717, 1.165) is 0 Å². The highest BCUT2D eigenvalue weighted by Gasteiger charge is 2.37. The molecular weight excluding hydrogens is 337 g/mol. The molecule has 26 heavy (non-hydrogen) atoms. The van der Waals surface area contributed by atoms with Crippen LogP contribution in [0, 0.1) is 5.82 Å². The van der Waals surface area contributed by atoms with Crippen molar-refractivity contribution >= 4 is 34.8 Å². The molecule has 0 aliphatic carbocycles. The first-order chi connectivity index (χ1) is 12.4. The summed E-state index contributed by atoms with van der Waals surface area (Å²) in [7, 11) is 0. The van der Waals surface area contributed by atoms with Crippen LogP contribution < -0.4 is 15.5 Å². The number of carbonyl (C=O) groups is 3. The van der Waals surface area contributed by atoms with Gasteiger partial charge < -0.3 is 10.6 Å². The van der Waals surface area contributed by atoms with E-state index in [1.807, 2.05) is 0 Å². The Hall–Kier alpha value is -3.22. The molecule has 0 aromatic heterocycles. The van der Waals surface area contributed by atoms with Gasteiger partial charge in [0.2, 0.25) is 17.7 Å². The molecule has 0 bridgehead atoms. The number of amides is 3. The Morgan fingerprint density at radius 1 is 1.08 bits per heavy atom. The molecule has 2 aromatic carbocycles. The molecule has 3 amide bonds. The number of halogens is 1. The van der Waals surface area contributed by atoms with Crippen LogP contribution >= 0.6 is 0 Å². The zero-order valence-corrected chi connectivity index (χ0v) is 14.2. The number of rotatable bonds is 4. The van der Waals surface area contributed by atoms with Gasteiger partial charge in [-0.25, -0.2) is 4.39 Å². The van der Waals surface area contributed by atoms with E-state index in [4.69, 9.17) is 0 Å². The van der Waals surface area contributed by atoms with Gasteiger partial charge in [0.25, 0.3) is 0 Å². The van der Waals surface area contributed by atoms with Crippen LogP contribution in [-0.2, 0) is 14.4 Å². The van der Waals surface area contributed by atoms with E-state index in [1.165, 1.54) is 36.1 Å². The van der Waals surface area contributed by atoms with E-state index >= 15 is 0 Å². The number of benzene rings is 2. The highest BCUT2D eigenvalue weighted by Crippen LogP contribution is 2.28. The van der Waals surface area contributed by atoms with Crippen LogP contribution in [-0.4, -0.2) is 23.8 Å². The Balaban J connectivity index is 1.77. The minimum absolute atomic E-state index is 0.177. The maximum atomic E-state index is 13.1. The zero-order valence-electron chi connectivity index (χ0n) is 14.2. The molecule has 2 aromatic rings. The summed E-state index contributed by atoms with van der Waals surface area (Å²) in [4.78, 5) is 37.4. The summed E-state index contributed by atoms with van der Waals surface area (Å²) in [5.74, 6) is -1.13. The van der Waals surface area contributed by atoms with Crippen LogP contribution in [0.15, 0.2) is 48.5 Å². The summed E-state index contributed by atoms with van der Waals surface area (Å²) in [5.41, 5.74) is 1.56. The first-order valence-electron chi connectivity index (χ1n) is 8.20. The van der Waals surface area contributed by atoms with Crippen molar-refractivity contribution in [3.63, 3.8) is 0 Å². The van der Waals surface area contributed by atoms with Crippen LogP contribution in [0.1, 0.15) is 19.8 Å². The number of hydrogen-bond donors (Lipinski definition) is 2. The van der Waals surface area contributed by atoms with Crippen molar-refractivity contribution in [2.75, 3.05) is 15.5 Å². The Kier molecular flexibility index (Phi) is 4.97. The third kappa shape index (κ3) is 3.88. The first kappa shape index (κ1) is 17.6. The van der Waals surface area contributed by atoms with E-state index < -0.39 is 11.9 Å². The third-order valence-electron chi connectivity index (χ3n) is 4.07. The minimum Gasteiger partial charge on any atom is -0.326 e. The van der Waals surface area contributed by atoms with Gasteiger partial charge >= 0.3 is 0 Å². The summed E-state index contributed by atoms with van der Waals surface area (Å²) in [6.07, 6.45) is 0.634. The van der Waals surface area contributed by atoms with Crippen molar-refractivity contribution < 1.29 is 18.8 Å². The first-order valence-corrected chi connectivity index (χ1v) is 8.20. The second-order valence-corrected chi connectivity index (χ2v) is 6.05. The van der Waals surface area contributed by atoms with Crippen molar-refractivity contribution in [3.8, 4) is 0 Å². The minimum atomic E-state index is -0.669. The van der Waals surface area contributed by atoms with Gasteiger partial charge in [0.15, 0.2) is 0 Å². The maximum absolute atomic E-state index is 13.1. The monoisotopic (exact) mass is 355 g/mol. The quantitative estimate of drug-likeness (QED) is 0.885. The van der Waals surface area contributed by atoms with E-state index in [-0.39, 0.29) is 24.1 Å². The highest BCUT2D eigenvalue weighted by atomic mass is 19.1. The molecule has 0 radical (unpaired) electrons. The Bertz CT molecular complexity index is 851. The number of nitrogens with one attached hydrogen (secondary N) is 2. The molecule has 1 aliphatic heterocycles. The summed E-state index contributed by atoms with van der Waals surface area (Å²) in [6.45, 7) is 1.40. The van der Waals surface area contributed by atoms with E-state index in [9.17, 15) is 18.8 Å². The van der Waals surface area contributed by atoms with Gasteiger partial charge in [-0.1, -0.05) is 6.07 Å². The lowest BCUT2D eigenvalue weighted by Gasteiger charge is -2.24. The lowest BCUT2D eigenvalue weighted by atomic mass is 10.1. The molecule has 2 N–H and O–H groups in total. The van der Waals surface area contributed by atoms with Gasteiger partial charge in [0, 0.05) is 30.4 Å². The number of nitrogens with zero attached hydrogens (tertiary/aromatic N) is 1. The molecule has 1 fully saturated rings. The molecule has 6 nitrogen and oxygen atoms in total.